The molecular formula is C9H18N2O3S. The molecule has 2 rings (SSSR count). The molecule has 2 heterocycles. The van der Waals surface area contributed by atoms with Gasteiger partial charge < -0.3 is 10.1 Å². The molecule has 0 saturated carbocycles. The Kier molecular flexibility index (Phi) is 3.60. The van der Waals surface area contributed by atoms with Crippen LogP contribution in [0.4, 0.5) is 0 Å². The molecule has 15 heavy (non-hydrogen) atoms. The van der Waals surface area contributed by atoms with E-state index in [1.54, 1.807) is 0 Å². The fourth-order valence-electron chi connectivity index (χ4n) is 1.98. The van der Waals surface area contributed by atoms with Crippen LogP contribution in [0.3, 0.4) is 0 Å². The first-order valence-corrected chi connectivity index (χ1v) is 7.22. The summed E-state index contributed by atoms with van der Waals surface area (Å²) in [4.78, 5) is 2.20. The highest BCUT2D eigenvalue weighted by Crippen LogP contribution is 2.05. The largest absolute Gasteiger partial charge is 0.378 e. The van der Waals surface area contributed by atoms with Crippen molar-refractivity contribution in [2.24, 2.45) is 0 Å². The third-order valence-corrected chi connectivity index (χ3v) is 4.52. The van der Waals surface area contributed by atoms with E-state index in [0.717, 1.165) is 26.3 Å². The normalized spacial score (nSPS) is 32.7. The van der Waals surface area contributed by atoms with Gasteiger partial charge >= 0.3 is 0 Å². The number of morpholine rings is 1. The molecule has 0 aromatic carbocycles. The summed E-state index contributed by atoms with van der Waals surface area (Å²) in [5.74, 6) is 0.612. The number of hydrogen-bond acceptors (Lipinski definition) is 5. The van der Waals surface area contributed by atoms with Gasteiger partial charge in [0.25, 0.3) is 0 Å². The van der Waals surface area contributed by atoms with Gasteiger partial charge in [0.1, 0.15) is 0 Å². The lowest BCUT2D eigenvalue weighted by Crippen LogP contribution is -2.51. The van der Waals surface area contributed by atoms with Gasteiger partial charge in [-0.25, -0.2) is 8.42 Å². The van der Waals surface area contributed by atoms with Crippen molar-refractivity contribution in [2.45, 2.75) is 6.04 Å². The first-order chi connectivity index (χ1) is 7.16. The standard InChI is InChI=1S/C9H18N2O3S/c12-15(13)5-2-11(3-6-15)7-9-8-14-4-1-10-9/h9-10H,1-8H2. The lowest BCUT2D eigenvalue weighted by molar-refractivity contribution is 0.0631. The second-order valence-electron chi connectivity index (χ2n) is 4.18. The Labute approximate surface area is 90.7 Å². The summed E-state index contributed by atoms with van der Waals surface area (Å²) in [7, 11) is -2.75. The monoisotopic (exact) mass is 234 g/mol. The Morgan fingerprint density at radius 3 is 2.67 bits per heavy atom. The quantitative estimate of drug-likeness (QED) is 0.644. The van der Waals surface area contributed by atoms with Crippen LogP contribution in [0, 0.1) is 0 Å². The second kappa shape index (κ2) is 4.78. The average molecular weight is 234 g/mol. The predicted octanol–water partition coefficient (Wildman–Crippen LogP) is -1.29. The Hall–Kier alpha value is -0.170. The maximum absolute atomic E-state index is 11.2. The zero-order valence-electron chi connectivity index (χ0n) is 8.81. The minimum Gasteiger partial charge on any atom is -0.378 e. The molecule has 5 nitrogen and oxygen atoms in total. The smallest absolute Gasteiger partial charge is 0.152 e. The van der Waals surface area contributed by atoms with Crippen molar-refractivity contribution < 1.29 is 13.2 Å². The molecule has 6 heteroatoms. The molecule has 88 valence electrons. The Morgan fingerprint density at radius 1 is 1.33 bits per heavy atom. The summed E-state index contributed by atoms with van der Waals surface area (Å²) in [5.41, 5.74) is 0. The highest BCUT2D eigenvalue weighted by molar-refractivity contribution is 7.91. The zero-order chi connectivity index (χ0) is 10.7. The first kappa shape index (κ1) is 11.3. The van der Waals surface area contributed by atoms with E-state index in [1.165, 1.54) is 0 Å². The summed E-state index contributed by atoms with van der Waals surface area (Å²) >= 11 is 0. The van der Waals surface area contributed by atoms with E-state index in [0.29, 0.717) is 30.6 Å². The van der Waals surface area contributed by atoms with Crippen LogP contribution in [-0.4, -0.2) is 70.3 Å². The molecule has 2 aliphatic heterocycles. The zero-order valence-corrected chi connectivity index (χ0v) is 9.63. The van der Waals surface area contributed by atoms with Gasteiger partial charge in [-0.05, 0) is 0 Å². The van der Waals surface area contributed by atoms with Gasteiger partial charge in [0.15, 0.2) is 9.84 Å². The van der Waals surface area contributed by atoms with E-state index < -0.39 is 9.84 Å². The minimum absolute atomic E-state index is 0.306. The van der Waals surface area contributed by atoms with Crippen LogP contribution >= 0.6 is 0 Å². The van der Waals surface area contributed by atoms with Crippen molar-refractivity contribution in [3.05, 3.63) is 0 Å². The maximum Gasteiger partial charge on any atom is 0.152 e. The van der Waals surface area contributed by atoms with Crippen molar-refractivity contribution in [3.63, 3.8) is 0 Å². The molecule has 0 bridgehead atoms. The van der Waals surface area contributed by atoms with Gasteiger partial charge in [-0.2, -0.15) is 0 Å². The van der Waals surface area contributed by atoms with Gasteiger partial charge in [-0.1, -0.05) is 0 Å². The number of sulfone groups is 1. The number of rotatable bonds is 2. The molecule has 0 radical (unpaired) electrons. The third kappa shape index (κ3) is 3.41. The van der Waals surface area contributed by atoms with Gasteiger partial charge in [0, 0.05) is 32.2 Å². The molecule has 0 amide bonds. The average Bonchev–Trinajstić information content (AvgIpc) is 2.23. The van der Waals surface area contributed by atoms with Crippen molar-refractivity contribution in [2.75, 3.05) is 50.9 Å². The number of nitrogens with one attached hydrogen (secondary N) is 1. The molecule has 1 N–H and O–H groups in total. The topological polar surface area (TPSA) is 58.6 Å². The van der Waals surface area contributed by atoms with Crippen LogP contribution in [-0.2, 0) is 14.6 Å². The van der Waals surface area contributed by atoms with E-state index in [2.05, 4.69) is 10.2 Å². The molecule has 0 aliphatic carbocycles. The fraction of sp³-hybridized carbons (Fsp3) is 1.00. The first-order valence-electron chi connectivity index (χ1n) is 5.40. The molecule has 0 spiro atoms. The number of ether oxygens (including phenoxy) is 1. The van der Waals surface area contributed by atoms with E-state index in [4.69, 9.17) is 4.74 Å². The maximum atomic E-state index is 11.2. The van der Waals surface area contributed by atoms with Crippen molar-refractivity contribution in [3.8, 4) is 0 Å². The summed E-state index contributed by atoms with van der Waals surface area (Å²) in [6, 6.07) is 0.361. The lowest BCUT2D eigenvalue weighted by atomic mass is 10.2. The highest BCUT2D eigenvalue weighted by atomic mass is 32.2. The predicted molar refractivity (Wildman–Crippen MR) is 57.7 cm³/mol. The third-order valence-electron chi connectivity index (χ3n) is 2.91. The number of hydrogen-bond donors (Lipinski definition) is 1. The molecule has 2 fully saturated rings. The van der Waals surface area contributed by atoms with Crippen LogP contribution in [0.25, 0.3) is 0 Å². The minimum atomic E-state index is -2.75. The molecular weight excluding hydrogens is 216 g/mol. The Bertz CT molecular complexity index is 284. The second-order valence-corrected chi connectivity index (χ2v) is 6.48. The van der Waals surface area contributed by atoms with Gasteiger partial charge in [-0.15, -0.1) is 0 Å². The summed E-state index contributed by atoms with van der Waals surface area (Å²) in [5, 5.41) is 3.37. The molecule has 1 atom stereocenters. The Morgan fingerprint density at radius 2 is 2.07 bits per heavy atom. The van der Waals surface area contributed by atoms with Crippen molar-refractivity contribution in [1.82, 2.24) is 10.2 Å². The number of nitrogens with zero attached hydrogens (tertiary/aromatic N) is 1. The molecule has 1 unspecified atom stereocenters. The van der Waals surface area contributed by atoms with Gasteiger partial charge in [0.2, 0.25) is 0 Å². The summed E-state index contributed by atoms with van der Waals surface area (Å²) in [6.45, 7) is 4.65. The van der Waals surface area contributed by atoms with Crippen LogP contribution < -0.4 is 5.32 Å². The summed E-state index contributed by atoms with van der Waals surface area (Å²) in [6.07, 6.45) is 0. The highest BCUT2D eigenvalue weighted by Gasteiger charge is 2.24. The summed E-state index contributed by atoms with van der Waals surface area (Å²) < 4.78 is 27.8. The SMILES string of the molecule is O=S1(=O)CCN(CC2COCCN2)CC1. The van der Waals surface area contributed by atoms with Crippen LogP contribution in [0.2, 0.25) is 0 Å². The van der Waals surface area contributed by atoms with Gasteiger partial charge in [0.05, 0.1) is 24.7 Å². The molecule has 0 aromatic heterocycles. The van der Waals surface area contributed by atoms with Crippen molar-refractivity contribution >= 4 is 9.84 Å². The van der Waals surface area contributed by atoms with Gasteiger partial charge in [-0.3, -0.25) is 4.90 Å². The fourth-order valence-corrected chi connectivity index (χ4v) is 3.26. The molecule has 2 saturated heterocycles. The van der Waals surface area contributed by atoms with Crippen molar-refractivity contribution in [1.29, 1.82) is 0 Å². The molecule has 2 aliphatic rings. The Balaban J connectivity index is 1.76. The van der Waals surface area contributed by atoms with Crippen LogP contribution in [0.5, 0.6) is 0 Å². The lowest BCUT2D eigenvalue weighted by Gasteiger charge is -2.32. The van der Waals surface area contributed by atoms with E-state index >= 15 is 0 Å². The van der Waals surface area contributed by atoms with E-state index in [9.17, 15) is 8.42 Å². The van der Waals surface area contributed by atoms with E-state index in [-0.39, 0.29) is 0 Å². The molecule has 0 aromatic rings. The van der Waals surface area contributed by atoms with Crippen LogP contribution in [0.15, 0.2) is 0 Å². The van der Waals surface area contributed by atoms with Crippen LogP contribution in [0.1, 0.15) is 0 Å². The van der Waals surface area contributed by atoms with E-state index in [1.807, 2.05) is 0 Å².